The average Bonchev–Trinajstić information content (AvgIpc) is 2.97. The summed E-state index contributed by atoms with van der Waals surface area (Å²) in [4.78, 5) is 12.8. The summed E-state index contributed by atoms with van der Waals surface area (Å²) in [6, 6.07) is 6.10. The molecule has 0 unspecified atom stereocenters. The van der Waals surface area contributed by atoms with Crippen LogP contribution in [0.1, 0.15) is 11.1 Å². The van der Waals surface area contributed by atoms with Crippen molar-refractivity contribution in [2.45, 2.75) is 13.8 Å². The van der Waals surface area contributed by atoms with Crippen LogP contribution in [0.3, 0.4) is 0 Å². The normalized spacial score (nSPS) is 11.3. The molecule has 8 nitrogen and oxygen atoms in total. The van der Waals surface area contributed by atoms with Crippen molar-refractivity contribution in [3.05, 3.63) is 41.9 Å². The van der Waals surface area contributed by atoms with Gasteiger partial charge in [-0.1, -0.05) is 6.07 Å². The maximum absolute atomic E-state index is 5.94. The third kappa shape index (κ3) is 4.59. The Bertz CT molecular complexity index is 918. The number of nitrogens with two attached hydrogens (primary N) is 1. The number of benzene rings is 1. The second kappa shape index (κ2) is 8.79. The zero-order valence-corrected chi connectivity index (χ0v) is 17.4. The van der Waals surface area contributed by atoms with Crippen molar-refractivity contribution in [1.29, 1.82) is 0 Å². The predicted molar refractivity (Wildman–Crippen MR) is 116 cm³/mol. The quantitative estimate of drug-likeness (QED) is 0.231. The number of aliphatic imine (C=N–C) groups is 1. The first kappa shape index (κ1) is 19.9. The van der Waals surface area contributed by atoms with Crippen molar-refractivity contribution in [3.8, 4) is 0 Å². The Kier molecular flexibility index (Phi) is 6.72. The van der Waals surface area contributed by atoms with Crippen LogP contribution < -0.4 is 16.4 Å². The molecule has 0 bridgehead atoms. The SMILES string of the molecule is Cc1ccc(NC(N)=NCCNc2ncnc3c2cnn3C)cc1C.I. The lowest BCUT2D eigenvalue weighted by atomic mass is 10.1. The predicted octanol–water partition coefficient (Wildman–Crippen LogP) is 2.44. The Morgan fingerprint density at radius 2 is 2.04 bits per heavy atom. The summed E-state index contributed by atoms with van der Waals surface area (Å²) < 4.78 is 1.71. The number of halogens is 1. The minimum Gasteiger partial charge on any atom is -0.370 e. The molecule has 4 N–H and O–H groups in total. The number of aromatic nitrogens is 4. The summed E-state index contributed by atoms with van der Waals surface area (Å²) in [7, 11) is 1.85. The summed E-state index contributed by atoms with van der Waals surface area (Å²) in [6.45, 7) is 5.28. The maximum Gasteiger partial charge on any atom is 0.193 e. The Morgan fingerprint density at radius 1 is 1.23 bits per heavy atom. The fourth-order valence-corrected chi connectivity index (χ4v) is 2.46. The highest BCUT2D eigenvalue weighted by molar-refractivity contribution is 14.0. The summed E-state index contributed by atoms with van der Waals surface area (Å²) in [5.41, 5.74) is 10.1. The first-order chi connectivity index (χ1) is 12.0. The highest BCUT2D eigenvalue weighted by Gasteiger charge is 2.06. The summed E-state index contributed by atoms with van der Waals surface area (Å²) in [6.07, 6.45) is 3.27. The Morgan fingerprint density at radius 3 is 2.81 bits per heavy atom. The van der Waals surface area contributed by atoms with Gasteiger partial charge in [0.25, 0.3) is 0 Å². The lowest BCUT2D eigenvalue weighted by Crippen LogP contribution is -2.24. The fourth-order valence-electron chi connectivity index (χ4n) is 2.46. The smallest absolute Gasteiger partial charge is 0.193 e. The first-order valence-corrected chi connectivity index (χ1v) is 8.05. The molecule has 0 saturated carbocycles. The number of rotatable bonds is 5. The zero-order valence-electron chi connectivity index (χ0n) is 15.0. The number of aryl methyl sites for hydroxylation is 3. The van der Waals surface area contributed by atoms with E-state index in [4.69, 9.17) is 5.73 Å². The van der Waals surface area contributed by atoms with E-state index in [2.05, 4.69) is 56.7 Å². The topological polar surface area (TPSA) is 106 Å². The molecule has 9 heteroatoms. The first-order valence-electron chi connectivity index (χ1n) is 8.05. The van der Waals surface area contributed by atoms with Gasteiger partial charge in [0.05, 0.1) is 18.1 Å². The number of nitrogens with one attached hydrogen (secondary N) is 2. The van der Waals surface area contributed by atoms with E-state index in [1.54, 1.807) is 10.9 Å². The minimum absolute atomic E-state index is 0. The molecule has 26 heavy (non-hydrogen) atoms. The van der Waals surface area contributed by atoms with Gasteiger partial charge in [0.2, 0.25) is 0 Å². The van der Waals surface area contributed by atoms with E-state index in [0.29, 0.717) is 19.0 Å². The second-order valence-corrected chi connectivity index (χ2v) is 5.85. The molecule has 2 heterocycles. The molecule has 1 aromatic carbocycles. The number of hydrogen-bond donors (Lipinski definition) is 3. The maximum atomic E-state index is 5.94. The van der Waals surface area contributed by atoms with E-state index in [-0.39, 0.29) is 24.0 Å². The van der Waals surface area contributed by atoms with Crippen LogP contribution in [0, 0.1) is 13.8 Å². The van der Waals surface area contributed by atoms with Crippen molar-refractivity contribution < 1.29 is 0 Å². The van der Waals surface area contributed by atoms with E-state index in [9.17, 15) is 0 Å². The monoisotopic (exact) mass is 466 g/mol. The molecule has 0 aliphatic heterocycles. The molecule has 0 saturated heterocycles. The lowest BCUT2D eigenvalue weighted by Gasteiger charge is -2.08. The largest absolute Gasteiger partial charge is 0.370 e. The number of hydrogen-bond acceptors (Lipinski definition) is 5. The van der Waals surface area contributed by atoms with Gasteiger partial charge in [0.1, 0.15) is 12.1 Å². The van der Waals surface area contributed by atoms with Crippen molar-refractivity contribution in [2.24, 2.45) is 17.8 Å². The molecule has 3 aromatic rings. The summed E-state index contributed by atoms with van der Waals surface area (Å²) >= 11 is 0. The van der Waals surface area contributed by atoms with Gasteiger partial charge in [0, 0.05) is 19.3 Å². The van der Waals surface area contributed by atoms with Gasteiger partial charge in [0.15, 0.2) is 11.6 Å². The molecule has 0 radical (unpaired) electrons. The highest BCUT2D eigenvalue weighted by atomic mass is 127. The molecule has 3 rings (SSSR count). The van der Waals surface area contributed by atoms with Gasteiger partial charge in [-0.3, -0.25) is 9.67 Å². The van der Waals surface area contributed by atoms with Crippen LogP contribution in [0.4, 0.5) is 11.5 Å². The molecular weight excluding hydrogens is 443 g/mol. The van der Waals surface area contributed by atoms with E-state index < -0.39 is 0 Å². The third-order valence-electron chi connectivity index (χ3n) is 4.00. The van der Waals surface area contributed by atoms with Crippen molar-refractivity contribution in [3.63, 3.8) is 0 Å². The molecule has 0 fully saturated rings. The number of fused-ring (bicyclic) bond motifs is 1. The van der Waals surface area contributed by atoms with Crippen LogP contribution >= 0.6 is 24.0 Å². The van der Waals surface area contributed by atoms with E-state index in [1.165, 1.54) is 17.5 Å². The Hall–Kier alpha value is -2.43. The number of anilines is 2. The average molecular weight is 466 g/mol. The van der Waals surface area contributed by atoms with Gasteiger partial charge in [-0.15, -0.1) is 24.0 Å². The van der Waals surface area contributed by atoms with Crippen LogP contribution in [-0.2, 0) is 7.05 Å². The van der Waals surface area contributed by atoms with Gasteiger partial charge in [-0.2, -0.15) is 5.10 Å². The standard InChI is InChI=1S/C17H22N8.HI/c1-11-4-5-13(8-12(11)2)24-17(18)20-7-6-19-15-14-9-23-25(3)16(14)22-10-21-15;/h4-5,8-10H,6-7H2,1-3H3,(H3,18,20,24)(H,19,21,22);1H. The molecule has 0 aliphatic carbocycles. The van der Waals surface area contributed by atoms with Crippen molar-refractivity contribution >= 4 is 52.5 Å². The fraction of sp³-hybridized carbons (Fsp3) is 0.294. The molecule has 0 atom stereocenters. The van der Waals surface area contributed by atoms with Crippen molar-refractivity contribution in [1.82, 2.24) is 19.7 Å². The van der Waals surface area contributed by atoms with E-state index in [1.807, 2.05) is 13.1 Å². The van der Waals surface area contributed by atoms with Crippen LogP contribution in [-0.4, -0.2) is 38.8 Å². The van der Waals surface area contributed by atoms with Gasteiger partial charge in [-0.05, 0) is 37.1 Å². The molecule has 0 aliphatic rings. The van der Waals surface area contributed by atoms with Crippen LogP contribution in [0.5, 0.6) is 0 Å². The summed E-state index contributed by atoms with van der Waals surface area (Å²) in [5, 5.41) is 11.4. The molecule has 0 amide bonds. The number of guanidine groups is 1. The summed E-state index contributed by atoms with van der Waals surface area (Å²) in [5.74, 6) is 1.13. The second-order valence-electron chi connectivity index (χ2n) is 5.85. The van der Waals surface area contributed by atoms with Gasteiger partial charge in [-0.25, -0.2) is 9.97 Å². The lowest BCUT2D eigenvalue weighted by molar-refractivity contribution is 0.785. The molecule has 138 valence electrons. The van der Waals surface area contributed by atoms with Gasteiger partial charge >= 0.3 is 0 Å². The third-order valence-corrected chi connectivity index (χ3v) is 4.00. The molecule has 2 aromatic heterocycles. The highest BCUT2D eigenvalue weighted by Crippen LogP contribution is 2.17. The van der Waals surface area contributed by atoms with E-state index >= 15 is 0 Å². The van der Waals surface area contributed by atoms with Crippen molar-refractivity contribution in [2.75, 3.05) is 23.7 Å². The molecular formula is C17H23IN8. The van der Waals surface area contributed by atoms with Crippen LogP contribution in [0.15, 0.2) is 35.7 Å². The Balaban J connectivity index is 0.00000243. The van der Waals surface area contributed by atoms with E-state index in [0.717, 1.165) is 22.5 Å². The molecule has 0 spiro atoms. The van der Waals surface area contributed by atoms with Crippen LogP contribution in [0.25, 0.3) is 11.0 Å². The van der Waals surface area contributed by atoms with Gasteiger partial charge < -0.3 is 16.4 Å². The Labute approximate surface area is 169 Å². The zero-order chi connectivity index (χ0) is 17.8. The minimum atomic E-state index is 0. The van der Waals surface area contributed by atoms with Crippen LogP contribution in [0.2, 0.25) is 0 Å². The number of nitrogens with zero attached hydrogens (tertiary/aromatic N) is 5.